The summed E-state index contributed by atoms with van der Waals surface area (Å²) in [6.07, 6.45) is -1.08. The van der Waals surface area contributed by atoms with Crippen LogP contribution in [-0.4, -0.2) is 15.9 Å². The minimum atomic E-state index is -1.03. The summed E-state index contributed by atoms with van der Waals surface area (Å²) in [5.74, 6) is -0.348. The first kappa shape index (κ1) is 16.9. The lowest BCUT2D eigenvalue weighted by molar-refractivity contribution is -0.385. The molecule has 0 heterocycles. The molecule has 0 saturated carbocycles. The van der Waals surface area contributed by atoms with Gasteiger partial charge in [0.25, 0.3) is 5.69 Å². The van der Waals surface area contributed by atoms with Crippen molar-refractivity contribution in [2.45, 2.75) is 19.4 Å². The summed E-state index contributed by atoms with van der Waals surface area (Å²) in [6, 6.07) is 11.1. The van der Waals surface area contributed by atoms with Crippen LogP contribution in [0, 0.1) is 10.1 Å². The number of nitrogens with one attached hydrogen (secondary N) is 1. The van der Waals surface area contributed by atoms with Gasteiger partial charge in [0.15, 0.2) is 0 Å². The molecule has 23 heavy (non-hydrogen) atoms. The zero-order valence-corrected chi connectivity index (χ0v) is 13.1. The number of carbonyl (C=O) groups is 1. The van der Waals surface area contributed by atoms with E-state index in [4.69, 9.17) is 11.6 Å². The van der Waals surface area contributed by atoms with E-state index in [1.807, 2.05) is 0 Å². The summed E-state index contributed by atoms with van der Waals surface area (Å²) in [5.41, 5.74) is 0.862. The van der Waals surface area contributed by atoms with E-state index in [-0.39, 0.29) is 23.6 Å². The average Bonchev–Trinajstić information content (AvgIpc) is 2.48. The molecular weight excluding hydrogens is 320 g/mol. The van der Waals surface area contributed by atoms with Gasteiger partial charge in [0.1, 0.15) is 0 Å². The molecule has 0 aliphatic heterocycles. The van der Waals surface area contributed by atoms with E-state index >= 15 is 0 Å². The third kappa shape index (κ3) is 4.06. The lowest BCUT2D eigenvalue weighted by Gasteiger charge is -2.16. The van der Waals surface area contributed by atoms with Gasteiger partial charge >= 0.3 is 0 Å². The van der Waals surface area contributed by atoms with Crippen LogP contribution in [0.25, 0.3) is 0 Å². The Bertz CT molecular complexity index is 749. The maximum absolute atomic E-state index is 11.3. The van der Waals surface area contributed by atoms with Gasteiger partial charge < -0.3 is 10.4 Å². The fourth-order valence-electron chi connectivity index (χ4n) is 2.32. The Morgan fingerprint density at radius 3 is 2.61 bits per heavy atom. The molecule has 0 spiro atoms. The van der Waals surface area contributed by atoms with Crippen molar-refractivity contribution in [1.82, 2.24) is 0 Å². The summed E-state index contributed by atoms with van der Waals surface area (Å²) in [6.45, 7) is 1.31. The Kier molecular flexibility index (Phi) is 5.31. The largest absolute Gasteiger partial charge is 0.388 e. The van der Waals surface area contributed by atoms with Crippen LogP contribution in [0.1, 0.15) is 24.2 Å². The quantitative estimate of drug-likeness (QED) is 0.646. The number of anilines is 1. The van der Waals surface area contributed by atoms with E-state index in [0.29, 0.717) is 16.3 Å². The number of hydrogen-bond acceptors (Lipinski definition) is 4. The molecule has 0 aliphatic rings. The smallest absolute Gasteiger partial charge is 0.274 e. The van der Waals surface area contributed by atoms with Crippen molar-refractivity contribution in [2.24, 2.45) is 0 Å². The number of aliphatic hydroxyl groups excluding tert-OH is 1. The molecule has 0 aliphatic carbocycles. The summed E-state index contributed by atoms with van der Waals surface area (Å²) in [7, 11) is 0. The van der Waals surface area contributed by atoms with Gasteiger partial charge in [-0.05, 0) is 17.7 Å². The maximum Gasteiger partial charge on any atom is 0.274 e. The van der Waals surface area contributed by atoms with Crippen molar-refractivity contribution in [3.8, 4) is 0 Å². The predicted octanol–water partition coefficient (Wildman–Crippen LogP) is 3.48. The van der Waals surface area contributed by atoms with Crippen LogP contribution in [0.4, 0.5) is 11.4 Å². The Morgan fingerprint density at radius 2 is 2.00 bits per heavy atom. The molecule has 2 N–H and O–H groups in total. The fraction of sp³-hybridized carbons (Fsp3) is 0.188. The first-order chi connectivity index (χ1) is 10.9. The lowest BCUT2D eigenvalue weighted by Crippen LogP contribution is -2.12. The van der Waals surface area contributed by atoms with Crippen molar-refractivity contribution in [3.63, 3.8) is 0 Å². The number of rotatable bonds is 5. The summed E-state index contributed by atoms with van der Waals surface area (Å²) in [5, 5.41) is 24.6. The van der Waals surface area contributed by atoms with Gasteiger partial charge in [-0.25, -0.2) is 0 Å². The Morgan fingerprint density at radius 1 is 1.30 bits per heavy atom. The predicted molar refractivity (Wildman–Crippen MR) is 87.5 cm³/mol. The van der Waals surface area contributed by atoms with Crippen molar-refractivity contribution in [3.05, 3.63) is 68.7 Å². The number of nitro benzene ring substituents is 1. The van der Waals surface area contributed by atoms with Gasteiger partial charge in [-0.15, -0.1) is 0 Å². The zero-order chi connectivity index (χ0) is 17.0. The number of amides is 1. The molecule has 0 aromatic heterocycles. The third-order valence-corrected chi connectivity index (χ3v) is 3.66. The van der Waals surface area contributed by atoms with Crippen molar-refractivity contribution in [1.29, 1.82) is 0 Å². The topological polar surface area (TPSA) is 92.5 Å². The lowest BCUT2D eigenvalue weighted by atomic mass is 9.98. The molecule has 2 rings (SSSR count). The zero-order valence-electron chi connectivity index (χ0n) is 12.3. The minimum absolute atomic E-state index is 0.0451. The van der Waals surface area contributed by atoms with E-state index < -0.39 is 11.0 Å². The van der Waals surface area contributed by atoms with Crippen molar-refractivity contribution < 1.29 is 14.8 Å². The van der Waals surface area contributed by atoms with Crippen LogP contribution < -0.4 is 5.32 Å². The highest BCUT2D eigenvalue weighted by atomic mass is 35.5. The summed E-state index contributed by atoms with van der Waals surface area (Å²) in [4.78, 5) is 22.0. The van der Waals surface area contributed by atoms with Gasteiger partial charge in [0.2, 0.25) is 5.91 Å². The molecular formula is C16H15ClN2O4. The van der Waals surface area contributed by atoms with Gasteiger partial charge in [0.05, 0.1) is 22.3 Å². The molecule has 2 aromatic carbocycles. The Labute approximate surface area is 137 Å². The second-order valence-corrected chi connectivity index (χ2v) is 5.39. The van der Waals surface area contributed by atoms with Gasteiger partial charge in [0, 0.05) is 24.4 Å². The number of benzene rings is 2. The highest BCUT2D eigenvalue weighted by Crippen LogP contribution is 2.33. The summed E-state index contributed by atoms with van der Waals surface area (Å²) >= 11 is 6.05. The van der Waals surface area contributed by atoms with Crippen LogP contribution in [0.2, 0.25) is 5.02 Å². The molecule has 1 atom stereocenters. The second kappa shape index (κ2) is 7.21. The molecule has 0 fully saturated rings. The van der Waals surface area contributed by atoms with Crippen LogP contribution in [0.15, 0.2) is 42.5 Å². The number of halogens is 1. The molecule has 0 bridgehead atoms. The minimum Gasteiger partial charge on any atom is -0.388 e. The first-order valence-corrected chi connectivity index (χ1v) is 7.24. The SMILES string of the molecule is CC(=O)Nc1cccc([N+](=O)[O-])c1CC(O)c1ccccc1Cl. The van der Waals surface area contributed by atoms with Gasteiger partial charge in [-0.1, -0.05) is 35.9 Å². The van der Waals surface area contributed by atoms with E-state index in [0.717, 1.165) is 0 Å². The molecule has 1 unspecified atom stereocenters. The van der Waals surface area contributed by atoms with Gasteiger partial charge in [-0.2, -0.15) is 0 Å². The molecule has 120 valence electrons. The van der Waals surface area contributed by atoms with Crippen LogP contribution in [0.5, 0.6) is 0 Å². The maximum atomic E-state index is 11.3. The number of aliphatic hydroxyl groups is 1. The molecule has 7 heteroatoms. The highest BCUT2D eigenvalue weighted by molar-refractivity contribution is 6.31. The number of nitrogens with zero attached hydrogens (tertiary/aromatic N) is 1. The van der Waals surface area contributed by atoms with Crippen molar-refractivity contribution in [2.75, 3.05) is 5.32 Å². The second-order valence-electron chi connectivity index (χ2n) is 4.98. The summed E-state index contributed by atoms with van der Waals surface area (Å²) < 4.78 is 0. The van der Waals surface area contributed by atoms with Gasteiger partial charge in [-0.3, -0.25) is 14.9 Å². The Balaban J connectivity index is 2.42. The van der Waals surface area contributed by atoms with E-state index in [1.54, 1.807) is 30.3 Å². The molecule has 2 aromatic rings. The number of hydrogen-bond donors (Lipinski definition) is 2. The Hall–Kier alpha value is -2.44. The number of carbonyl (C=O) groups excluding carboxylic acids is 1. The van der Waals surface area contributed by atoms with Crippen LogP contribution >= 0.6 is 11.6 Å². The fourth-order valence-corrected chi connectivity index (χ4v) is 2.58. The third-order valence-electron chi connectivity index (χ3n) is 3.32. The average molecular weight is 335 g/mol. The molecule has 0 saturated heterocycles. The van der Waals surface area contributed by atoms with Crippen LogP contribution in [0.3, 0.4) is 0 Å². The van der Waals surface area contributed by atoms with Crippen molar-refractivity contribution >= 4 is 28.9 Å². The standard InChI is InChI=1S/C16H15ClN2O4/c1-10(20)18-14-7-4-8-15(19(22)23)12(14)9-16(21)11-5-2-3-6-13(11)17/h2-8,16,21H,9H2,1H3,(H,18,20). The van der Waals surface area contributed by atoms with E-state index in [2.05, 4.69) is 5.32 Å². The van der Waals surface area contributed by atoms with E-state index in [1.165, 1.54) is 19.1 Å². The number of nitro groups is 1. The van der Waals surface area contributed by atoms with E-state index in [9.17, 15) is 20.0 Å². The first-order valence-electron chi connectivity index (χ1n) is 6.86. The highest BCUT2D eigenvalue weighted by Gasteiger charge is 2.22. The molecule has 6 nitrogen and oxygen atoms in total. The molecule has 0 radical (unpaired) electrons. The molecule has 1 amide bonds. The van der Waals surface area contributed by atoms with Crippen LogP contribution in [-0.2, 0) is 11.2 Å². The normalized spacial score (nSPS) is 11.8. The monoisotopic (exact) mass is 334 g/mol.